The predicted molar refractivity (Wildman–Crippen MR) is 65.9 cm³/mol. The Morgan fingerprint density at radius 1 is 1.38 bits per heavy atom. The third kappa shape index (κ3) is 5.25. The molecule has 2 amide bonds. The molecular formula is C10H20N2O3S. The summed E-state index contributed by atoms with van der Waals surface area (Å²) in [6, 6.07) is -1.10. The highest BCUT2D eigenvalue weighted by atomic mass is 32.2. The molecule has 16 heavy (non-hydrogen) atoms. The minimum Gasteiger partial charge on any atom is -0.480 e. The Morgan fingerprint density at radius 2 is 1.94 bits per heavy atom. The number of carbonyl (C=O) groups excluding carboxylic acids is 1. The van der Waals surface area contributed by atoms with Crippen molar-refractivity contribution < 1.29 is 14.7 Å². The summed E-state index contributed by atoms with van der Waals surface area (Å²) in [6.07, 6.45) is 2.36. The lowest BCUT2D eigenvalue weighted by Gasteiger charge is -2.22. The average Bonchev–Trinajstić information content (AvgIpc) is 2.25. The van der Waals surface area contributed by atoms with Crippen molar-refractivity contribution >= 4 is 23.8 Å². The molecule has 0 aromatic carbocycles. The van der Waals surface area contributed by atoms with E-state index in [1.807, 2.05) is 20.1 Å². The average molecular weight is 248 g/mol. The van der Waals surface area contributed by atoms with Gasteiger partial charge in [-0.3, -0.25) is 0 Å². The SMILES string of the molecule is CCN(CC)C(=O)N[C@H](CCSC)C(=O)O. The van der Waals surface area contributed by atoms with Crippen LogP contribution >= 0.6 is 11.8 Å². The second-order valence-electron chi connectivity index (χ2n) is 3.29. The molecule has 0 spiro atoms. The van der Waals surface area contributed by atoms with E-state index in [4.69, 9.17) is 5.11 Å². The van der Waals surface area contributed by atoms with E-state index in [2.05, 4.69) is 5.32 Å². The van der Waals surface area contributed by atoms with Crippen LogP contribution in [-0.4, -0.2) is 53.1 Å². The lowest BCUT2D eigenvalue weighted by atomic mass is 10.2. The molecule has 0 aliphatic heterocycles. The van der Waals surface area contributed by atoms with Crippen LogP contribution in [0.2, 0.25) is 0 Å². The molecule has 0 fully saturated rings. The molecule has 0 aliphatic carbocycles. The summed E-state index contributed by atoms with van der Waals surface area (Å²) in [4.78, 5) is 24.1. The second-order valence-corrected chi connectivity index (χ2v) is 4.28. The van der Waals surface area contributed by atoms with Crippen LogP contribution in [0.5, 0.6) is 0 Å². The van der Waals surface area contributed by atoms with Crippen LogP contribution in [0.15, 0.2) is 0 Å². The van der Waals surface area contributed by atoms with E-state index in [1.54, 1.807) is 16.7 Å². The maximum Gasteiger partial charge on any atom is 0.326 e. The number of hydrogen-bond acceptors (Lipinski definition) is 3. The van der Waals surface area contributed by atoms with Crippen LogP contribution in [0.4, 0.5) is 4.79 Å². The molecule has 94 valence electrons. The van der Waals surface area contributed by atoms with E-state index in [0.717, 1.165) is 5.75 Å². The minimum absolute atomic E-state index is 0.307. The number of rotatable bonds is 7. The monoisotopic (exact) mass is 248 g/mol. The van der Waals surface area contributed by atoms with Gasteiger partial charge >= 0.3 is 12.0 Å². The van der Waals surface area contributed by atoms with Gasteiger partial charge in [0, 0.05) is 13.1 Å². The number of aliphatic carboxylic acids is 1. The number of nitrogens with one attached hydrogen (secondary N) is 1. The van der Waals surface area contributed by atoms with E-state index in [1.165, 1.54) is 0 Å². The van der Waals surface area contributed by atoms with Gasteiger partial charge in [-0.15, -0.1) is 0 Å². The third-order valence-electron chi connectivity index (χ3n) is 2.26. The fourth-order valence-electron chi connectivity index (χ4n) is 1.24. The zero-order valence-corrected chi connectivity index (χ0v) is 10.8. The standard InChI is InChI=1S/C10H20N2O3S/c1-4-12(5-2)10(15)11-8(9(13)14)6-7-16-3/h8H,4-7H2,1-3H3,(H,11,15)(H,13,14)/t8-/m1/s1. The first-order valence-electron chi connectivity index (χ1n) is 5.33. The first-order valence-corrected chi connectivity index (χ1v) is 6.73. The smallest absolute Gasteiger partial charge is 0.326 e. The number of thioether (sulfide) groups is 1. The van der Waals surface area contributed by atoms with Gasteiger partial charge in [0.2, 0.25) is 0 Å². The summed E-state index contributed by atoms with van der Waals surface area (Å²) in [5.41, 5.74) is 0. The summed E-state index contributed by atoms with van der Waals surface area (Å²) in [5.74, 6) is -0.260. The van der Waals surface area contributed by atoms with Crippen molar-refractivity contribution in [2.45, 2.75) is 26.3 Å². The molecule has 0 bridgehead atoms. The van der Waals surface area contributed by atoms with E-state index in [0.29, 0.717) is 19.5 Å². The van der Waals surface area contributed by atoms with Gasteiger partial charge in [0.1, 0.15) is 6.04 Å². The maximum atomic E-state index is 11.6. The molecule has 1 atom stereocenters. The Labute approximate surface area is 101 Å². The first kappa shape index (κ1) is 15.1. The minimum atomic E-state index is -0.977. The number of amides is 2. The number of urea groups is 1. The van der Waals surface area contributed by atoms with E-state index >= 15 is 0 Å². The highest BCUT2D eigenvalue weighted by Crippen LogP contribution is 2.02. The van der Waals surface area contributed by atoms with Gasteiger partial charge in [-0.2, -0.15) is 11.8 Å². The van der Waals surface area contributed by atoms with Gasteiger partial charge in [0.25, 0.3) is 0 Å². The predicted octanol–water partition coefficient (Wildman–Crippen LogP) is 1.24. The normalized spacial score (nSPS) is 11.9. The Bertz CT molecular complexity index is 232. The van der Waals surface area contributed by atoms with Crippen LogP contribution in [0.1, 0.15) is 20.3 Å². The van der Waals surface area contributed by atoms with Gasteiger partial charge in [0.15, 0.2) is 0 Å². The zero-order chi connectivity index (χ0) is 12.6. The molecular weight excluding hydrogens is 228 g/mol. The lowest BCUT2D eigenvalue weighted by molar-refractivity contribution is -0.139. The number of hydrogen-bond donors (Lipinski definition) is 2. The number of carbonyl (C=O) groups is 2. The highest BCUT2D eigenvalue weighted by Gasteiger charge is 2.21. The summed E-state index contributed by atoms with van der Waals surface area (Å²) in [7, 11) is 0. The van der Waals surface area contributed by atoms with Crippen molar-refractivity contribution in [1.82, 2.24) is 10.2 Å². The topological polar surface area (TPSA) is 69.6 Å². The summed E-state index contributed by atoms with van der Waals surface area (Å²) < 4.78 is 0. The molecule has 0 saturated carbocycles. The van der Waals surface area contributed by atoms with Crippen molar-refractivity contribution in [2.75, 3.05) is 25.1 Å². The molecule has 0 aromatic heterocycles. The molecule has 0 saturated heterocycles. The van der Waals surface area contributed by atoms with Gasteiger partial charge < -0.3 is 15.3 Å². The van der Waals surface area contributed by atoms with Crippen molar-refractivity contribution in [3.63, 3.8) is 0 Å². The van der Waals surface area contributed by atoms with Gasteiger partial charge in [-0.25, -0.2) is 9.59 Å². The molecule has 6 heteroatoms. The Morgan fingerprint density at radius 3 is 2.31 bits per heavy atom. The Balaban J connectivity index is 4.27. The first-order chi connectivity index (χ1) is 7.56. The molecule has 0 radical (unpaired) electrons. The highest BCUT2D eigenvalue weighted by molar-refractivity contribution is 7.98. The third-order valence-corrected chi connectivity index (χ3v) is 2.90. The van der Waals surface area contributed by atoms with Crippen LogP contribution < -0.4 is 5.32 Å². The van der Waals surface area contributed by atoms with E-state index < -0.39 is 12.0 Å². The second kappa shape index (κ2) is 8.27. The van der Waals surface area contributed by atoms with Crippen molar-refractivity contribution in [3.05, 3.63) is 0 Å². The van der Waals surface area contributed by atoms with E-state index in [-0.39, 0.29) is 6.03 Å². The van der Waals surface area contributed by atoms with E-state index in [9.17, 15) is 9.59 Å². The van der Waals surface area contributed by atoms with Crippen molar-refractivity contribution in [3.8, 4) is 0 Å². The van der Waals surface area contributed by atoms with Crippen LogP contribution in [0.3, 0.4) is 0 Å². The quantitative estimate of drug-likeness (QED) is 0.711. The van der Waals surface area contributed by atoms with Crippen molar-refractivity contribution in [1.29, 1.82) is 0 Å². The Kier molecular flexibility index (Phi) is 7.80. The van der Waals surface area contributed by atoms with Gasteiger partial charge in [0.05, 0.1) is 0 Å². The number of carboxylic acid groups (broad SMARTS) is 1. The largest absolute Gasteiger partial charge is 0.480 e. The van der Waals surface area contributed by atoms with Crippen LogP contribution in [0, 0.1) is 0 Å². The summed E-state index contributed by atoms with van der Waals surface area (Å²) in [5, 5.41) is 11.5. The lowest BCUT2D eigenvalue weighted by Crippen LogP contribution is -2.48. The molecule has 0 unspecified atom stereocenters. The van der Waals surface area contributed by atoms with Gasteiger partial charge in [-0.1, -0.05) is 0 Å². The summed E-state index contributed by atoms with van der Waals surface area (Å²) in [6.45, 7) is 4.88. The molecule has 0 rings (SSSR count). The van der Waals surface area contributed by atoms with Crippen molar-refractivity contribution in [2.24, 2.45) is 0 Å². The molecule has 2 N–H and O–H groups in total. The summed E-state index contributed by atoms with van der Waals surface area (Å²) >= 11 is 1.57. The molecule has 0 heterocycles. The van der Waals surface area contributed by atoms with Crippen LogP contribution in [-0.2, 0) is 4.79 Å². The molecule has 0 aromatic rings. The fourth-order valence-corrected chi connectivity index (χ4v) is 1.72. The molecule has 0 aliphatic rings. The maximum absolute atomic E-state index is 11.6. The zero-order valence-electron chi connectivity index (χ0n) is 10.0. The molecule has 5 nitrogen and oxygen atoms in total. The van der Waals surface area contributed by atoms with Crippen LogP contribution in [0.25, 0.3) is 0 Å². The fraction of sp³-hybridized carbons (Fsp3) is 0.800. The van der Waals surface area contributed by atoms with Gasteiger partial charge in [-0.05, 0) is 32.3 Å². The number of carboxylic acids is 1. The number of nitrogens with zero attached hydrogens (tertiary/aromatic N) is 1. The Hall–Kier alpha value is -0.910.